The van der Waals surface area contributed by atoms with Gasteiger partial charge in [-0.2, -0.15) is 0 Å². The van der Waals surface area contributed by atoms with Crippen molar-refractivity contribution in [3.05, 3.63) is 22.4 Å². The van der Waals surface area contributed by atoms with Crippen molar-refractivity contribution in [1.82, 2.24) is 15.5 Å². The van der Waals surface area contributed by atoms with E-state index >= 15 is 0 Å². The fourth-order valence-electron chi connectivity index (χ4n) is 1.86. The first kappa shape index (κ1) is 22.2. The molecule has 0 atom stereocenters. The van der Waals surface area contributed by atoms with E-state index in [9.17, 15) is 4.79 Å². The number of nitrogens with one attached hydrogen (secondary N) is 2. The van der Waals surface area contributed by atoms with Crippen LogP contribution >= 0.6 is 35.3 Å². The number of guanidine groups is 1. The van der Waals surface area contributed by atoms with Gasteiger partial charge in [0.25, 0.3) is 0 Å². The van der Waals surface area contributed by atoms with E-state index in [2.05, 4.69) is 40.9 Å². The van der Waals surface area contributed by atoms with E-state index in [1.54, 1.807) is 30.3 Å². The summed E-state index contributed by atoms with van der Waals surface area (Å²) in [5.74, 6) is 1.33. The molecule has 0 bridgehead atoms. The van der Waals surface area contributed by atoms with E-state index in [1.807, 2.05) is 6.07 Å². The molecule has 0 spiro atoms. The summed E-state index contributed by atoms with van der Waals surface area (Å²) in [4.78, 5) is 18.9. The number of rotatable bonds is 8. The molecule has 0 saturated heterocycles. The summed E-state index contributed by atoms with van der Waals surface area (Å²) in [6, 6.07) is 4.12. The number of hydrogen-bond donors (Lipinski definition) is 2. The van der Waals surface area contributed by atoms with Gasteiger partial charge < -0.3 is 15.5 Å². The van der Waals surface area contributed by atoms with Gasteiger partial charge in [-0.1, -0.05) is 32.8 Å². The van der Waals surface area contributed by atoms with Crippen molar-refractivity contribution >= 4 is 47.2 Å². The summed E-state index contributed by atoms with van der Waals surface area (Å²) in [5.41, 5.74) is 0. The van der Waals surface area contributed by atoms with Crippen LogP contribution in [0.5, 0.6) is 0 Å². The number of thiophene rings is 1. The predicted octanol–water partition coefficient (Wildman–Crippen LogP) is 2.93. The lowest BCUT2D eigenvalue weighted by atomic mass is 10.0. The summed E-state index contributed by atoms with van der Waals surface area (Å²) >= 11 is 1.71. The zero-order chi connectivity index (χ0) is 16.4. The zero-order valence-corrected chi connectivity index (χ0v) is 17.6. The van der Waals surface area contributed by atoms with Crippen LogP contribution in [0.1, 0.15) is 31.6 Å². The van der Waals surface area contributed by atoms with Gasteiger partial charge in [0.1, 0.15) is 6.54 Å². The minimum atomic E-state index is -0.000225. The Bertz CT molecular complexity index is 459. The fourth-order valence-corrected chi connectivity index (χ4v) is 2.51. The largest absolute Gasteiger partial charge is 0.356 e. The minimum absolute atomic E-state index is 0. The molecule has 0 saturated carbocycles. The number of aliphatic imine (C=N–C) groups is 1. The molecule has 1 rings (SSSR count). The third kappa shape index (κ3) is 9.14. The maximum Gasteiger partial charge on any atom is 0.243 e. The Morgan fingerprint density at radius 2 is 2.00 bits per heavy atom. The van der Waals surface area contributed by atoms with Crippen LogP contribution in [0.15, 0.2) is 22.5 Å². The van der Waals surface area contributed by atoms with Crippen LogP contribution in [0.25, 0.3) is 0 Å². The van der Waals surface area contributed by atoms with Crippen molar-refractivity contribution in [2.75, 3.05) is 27.2 Å². The quantitative estimate of drug-likeness (QED) is 0.362. The minimum Gasteiger partial charge on any atom is -0.356 e. The first-order chi connectivity index (χ1) is 10.6. The van der Waals surface area contributed by atoms with Crippen LogP contribution in [-0.4, -0.2) is 44.0 Å². The van der Waals surface area contributed by atoms with Gasteiger partial charge in [-0.25, -0.2) is 4.99 Å². The second-order valence-corrected chi connectivity index (χ2v) is 6.48. The molecule has 23 heavy (non-hydrogen) atoms. The summed E-state index contributed by atoms with van der Waals surface area (Å²) in [6.45, 7) is 6.15. The van der Waals surface area contributed by atoms with Crippen LogP contribution in [0.2, 0.25) is 0 Å². The Hall–Kier alpha value is -0.830. The van der Waals surface area contributed by atoms with Gasteiger partial charge in [0.2, 0.25) is 5.91 Å². The van der Waals surface area contributed by atoms with Crippen LogP contribution in [0, 0.1) is 5.92 Å². The summed E-state index contributed by atoms with van der Waals surface area (Å²) < 4.78 is 0. The Kier molecular flexibility index (Phi) is 12.1. The molecule has 1 aromatic rings. The average Bonchev–Trinajstić information content (AvgIpc) is 3.02. The number of halogens is 1. The van der Waals surface area contributed by atoms with Gasteiger partial charge in [0.05, 0.1) is 6.54 Å². The monoisotopic (exact) mass is 452 g/mol. The molecule has 7 heteroatoms. The maximum atomic E-state index is 11.7. The van der Waals surface area contributed by atoms with E-state index in [-0.39, 0.29) is 36.4 Å². The van der Waals surface area contributed by atoms with E-state index in [1.165, 1.54) is 4.88 Å². The number of hydrogen-bond acceptors (Lipinski definition) is 3. The highest BCUT2D eigenvalue weighted by molar-refractivity contribution is 14.0. The molecular formula is C16H29IN4OS. The molecule has 0 radical (unpaired) electrons. The van der Waals surface area contributed by atoms with Crippen LogP contribution in [-0.2, 0) is 11.3 Å². The molecular weight excluding hydrogens is 423 g/mol. The van der Waals surface area contributed by atoms with Gasteiger partial charge in [-0.05, 0) is 17.4 Å². The van der Waals surface area contributed by atoms with Gasteiger partial charge in [-0.3, -0.25) is 4.79 Å². The zero-order valence-electron chi connectivity index (χ0n) is 14.5. The van der Waals surface area contributed by atoms with E-state index in [4.69, 9.17) is 0 Å². The van der Waals surface area contributed by atoms with Crippen LogP contribution in [0.4, 0.5) is 0 Å². The predicted molar refractivity (Wildman–Crippen MR) is 110 cm³/mol. The summed E-state index contributed by atoms with van der Waals surface area (Å²) in [6.07, 6.45) is 2.27. The Morgan fingerprint density at radius 3 is 2.52 bits per heavy atom. The highest BCUT2D eigenvalue weighted by Crippen LogP contribution is 2.07. The highest BCUT2D eigenvalue weighted by atomic mass is 127. The van der Waals surface area contributed by atoms with Gasteiger partial charge in [0.15, 0.2) is 5.96 Å². The lowest BCUT2D eigenvalue weighted by Gasteiger charge is -2.17. The smallest absolute Gasteiger partial charge is 0.243 e. The maximum absolute atomic E-state index is 11.7. The molecule has 0 aromatic carbocycles. The lowest BCUT2D eigenvalue weighted by Crippen LogP contribution is -2.40. The lowest BCUT2D eigenvalue weighted by molar-refractivity contribution is -0.127. The number of carbonyl (C=O) groups excluding carboxylic acids is 1. The second-order valence-electron chi connectivity index (χ2n) is 5.45. The summed E-state index contributed by atoms with van der Waals surface area (Å²) in [7, 11) is 3.49. The Labute approximate surface area is 161 Å². The molecule has 5 nitrogen and oxygen atoms in total. The fraction of sp³-hybridized carbons (Fsp3) is 0.625. The highest BCUT2D eigenvalue weighted by Gasteiger charge is 2.07. The molecule has 1 aromatic heterocycles. The molecule has 2 N–H and O–H groups in total. The Balaban J connectivity index is 0.00000484. The molecule has 0 fully saturated rings. The van der Waals surface area contributed by atoms with E-state index in [0.717, 1.165) is 25.9 Å². The molecule has 1 heterocycles. The molecule has 0 aliphatic carbocycles. The molecule has 0 aliphatic heterocycles. The topological polar surface area (TPSA) is 56.7 Å². The van der Waals surface area contributed by atoms with Crippen LogP contribution in [0.3, 0.4) is 0 Å². The second kappa shape index (κ2) is 12.6. The van der Waals surface area contributed by atoms with Crippen molar-refractivity contribution in [3.8, 4) is 0 Å². The summed E-state index contributed by atoms with van der Waals surface area (Å²) in [5, 5.41) is 8.71. The van der Waals surface area contributed by atoms with E-state index in [0.29, 0.717) is 11.9 Å². The third-order valence-electron chi connectivity index (χ3n) is 3.59. The van der Waals surface area contributed by atoms with Gasteiger partial charge in [0, 0.05) is 25.5 Å². The third-order valence-corrected chi connectivity index (χ3v) is 4.47. The first-order valence-electron chi connectivity index (χ1n) is 7.81. The van der Waals surface area contributed by atoms with Gasteiger partial charge in [-0.15, -0.1) is 35.3 Å². The number of carbonyl (C=O) groups is 1. The average molecular weight is 452 g/mol. The number of amides is 1. The van der Waals surface area contributed by atoms with E-state index < -0.39 is 0 Å². The molecule has 0 unspecified atom stereocenters. The molecule has 132 valence electrons. The van der Waals surface area contributed by atoms with Crippen molar-refractivity contribution in [2.45, 2.75) is 33.2 Å². The first-order valence-corrected chi connectivity index (χ1v) is 8.69. The number of nitrogens with zero attached hydrogens (tertiary/aromatic N) is 2. The Morgan fingerprint density at radius 1 is 1.30 bits per heavy atom. The standard InChI is InChI=1S/C16H28N4OS.HI/c1-5-13(6-2)10-17-16(19-12-15(21)20(3)4)18-11-14-8-7-9-22-14;/h7-9,13H,5-6,10-12H2,1-4H3,(H2,17,18,19);1H. The van der Waals surface area contributed by atoms with Gasteiger partial charge >= 0.3 is 0 Å². The van der Waals surface area contributed by atoms with Crippen molar-refractivity contribution in [2.24, 2.45) is 10.9 Å². The number of likely N-dealkylation sites (N-methyl/N-ethyl adjacent to an activating group) is 1. The molecule has 0 aliphatic rings. The normalized spacial score (nSPS) is 11.1. The molecule has 1 amide bonds. The van der Waals surface area contributed by atoms with Crippen molar-refractivity contribution < 1.29 is 4.79 Å². The van der Waals surface area contributed by atoms with Crippen molar-refractivity contribution in [3.63, 3.8) is 0 Å². The van der Waals surface area contributed by atoms with Crippen molar-refractivity contribution in [1.29, 1.82) is 0 Å². The SMILES string of the molecule is CCC(CC)CNC(=NCC(=O)N(C)C)NCc1cccs1.I. The van der Waals surface area contributed by atoms with Crippen LogP contribution < -0.4 is 10.6 Å².